The molecule has 0 amide bonds. The van der Waals surface area contributed by atoms with Crippen molar-refractivity contribution in [2.45, 2.75) is 66.2 Å². The van der Waals surface area contributed by atoms with Crippen molar-refractivity contribution < 1.29 is 0 Å². The maximum atomic E-state index is 5.26. The van der Waals surface area contributed by atoms with Crippen LogP contribution in [0.1, 0.15) is 64.1 Å². The number of rotatable bonds is 6. The predicted molar refractivity (Wildman–Crippen MR) is 217 cm³/mol. The quantitative estimate of drug-likeness (QED) is 0.175. The Morgan fingerprint density at radius 3 is 1.35 bits per heavy atom. The number of nitrogens with zero attached hydrogens (tertiary/aromatic N) is 6. The van der Waals surface area contributed by atoms with Gasteiger partial charge in [-0.1, -0.05) is 102 Å². The molecule has 0 aliphatic rings. The van der Waals surface area contributed by atoms with E-state index in [1.54, 1.807) is 0 Å². The molecule has 0 fully saturated rings. The van der Waals surface area contributed by atoms with Crippen molar-refractivity contribution in [3.05, 3.63) is 156 Å². The smallest absolute Gasteiger partial charge is 0.161 e. The van der Waals surface area contributed by atoms with E-state index < -0.39 is 0 Å². The molecule has 0 radical (unpaired) electrons. The highest BCUT2D eigenvalue weighted by Crippen LogP contribution is 2.38. The zero-order valence-corrected chi connectivity index (χ0v) is 31.4. The van der Waals surface area contributed by atoms with Gasteiger partial charge in [0.1, 0.15) is 0 Å². The van der Waals surface area contributed by atoms with E-state index in [0.717, 1.165) is 45.8 Å². The Hall–Kier alpha value is -5.88. The molecule has 3 aromatic heterocycles. The summed E-state index contributed by atoms with van der Waals surface area (Å²) in [6, 6.07) is 47.7. The molecule has 52 heavy (non-hydrogen) atoms. The van der Waals surface area contributed by atoms with Crippen molar-refractivity contribution in [1.29, 1.82) is 0 Å². The van der Waals surface area contributed by atoms with Gasteiger partial charge in [0.05, 0.1) is 22.4 Å². The number of benzene rings is 5. The van der Waals surface area contributed by atoms with Gasteiger partial charge in [0.2, 0.25) is 0 Å². The second-order valence-corrected chi connectivity index (χ2v) is 15.9. The third-order valence-electron chi connectivity index (χ3n) is 10.1. The Balaban J connectivity index is 1.27. The number of aryl methyl sites for hydroxylation is 2. The van der Waals surface area contributed by atoms with Crippen LogP contribution in [0.2, 0.25) is 0 Å². The minimum absolute atomic E-state index is 0.0265. The van der Waals surface area contributed by atoms with Crippen molar-refractivity contribution in [2.24, 2.45) is 0 Å². The van der Waals surface area contributed by atoms with Gasteiger partial charge < -0.3 is 4.57 Å². The number of fused-ring (bicyclic) bond motifs is 3. The number of hydrogen-bond donors (Lipinski definition) is 0. The Bertz CT molecular complexity index is 2410. The Morgan fingerprint density at radius 1 is 0.462 bits per heavy atom. The fraction of sp³-hybridized carbons (Fsp3) is 0.217. The zero-order chi connectivity index (χ0) is 36.4. The average molecular weight is 683 g/mol. The highest BCUT2D eigenvalue weighted by molar-refractivity contribution is 6.09. The van der Waals surface area contributed by atoms with Gasteiger partial charge in [-0.15, -0.1) is 10.2 Å². The van der Waals surface area contributed by atoms with Crippen LogP contribution in [0, 0.1) is 13.8 Å². The molecule has 0 N–H and O–H groups in total. The van der Waals surface area contributed by atoms with Gasteiger partial charge in [-0.25, -0.2) is 9.36 Å². The first-order chi connectivity index (χ1) is 24.9. The van der Waals surface area contributed by atoms with Crippen molar-refractivity contribution in [1.82, 2.24) is 24.1 Å². The molecular formula is C46H46N6. The van der Waals surface area contributed by atoms with E-state index in [2.05, 4.69) is 198 Å². The van der Waals surface area contributed by atoms with Crippen molar-refractivity contribution in [3.8, 4) is 17.1 Å². The topological polar surface area (TPSA) is 43.8 Å². The van der Waals surface area contributed by atoms with E-state index in [-0.39, 0.29) is 10.8 Å². The van der Waals surface area contributed by atoms with Crippen LogP contribution in [0.4, 0.5) is 17.3 Å². The molecule has 0 unspecified atom stereocenters. The van der Waals surface area contributed by atoms with Crippen molar-refractivity contribution in [3.63, 3.8) is 0 Å². The first-order valence-electron chi connectivity index (χ1n) is 18.1. The molecule has 8 rings (SSSR count). The molecule has 8 aromatic rings. The highest BCUT2D eigenvalue weighted by Gasteiger charge is 2.23. The second-order valence-electron chi connectivity index (χ2n) is 15.9. The molecule has 5 aromatic carbocycles. The van der Waals surface area contributed by atoms with Crippen molar-refractivity contribution in [2.75, 3.05) is 4.90 Å². The van der Waals surface area contributed by atoms with E-state index in [4.69, 9.17) is 10.2 Å². The minimum atomic E-state index is 0.0265. The highest BCUT2D eigenvalue weighted by atomic mass is 15.4. The first-order valence-corrected chi connectivity index (χ1v) is 18.1. The van der Waals surface area contributed by atoms with Gasteiger partial charge in [-0.2, -0.15) is 0 Å². The Morgan fingerprint density at radius 2 is 0.904 bits per heavy atom. The fourth-order valence-electron chi connectivity index (χ4n) is 7.20. The molecule has 6 heteroatoms. The molecule has 0 atom stereocenters. The number of para-hydroxylation sites is 2. The summed E-state index contributed by atoms with van der Waals surface area (Å²) in [5, 5.41) is 13.0. The summed E-state index contributed by atoms with van der Waals surface area (Å²) in [6.45, 7) is 17.7. The lowest BCUT2D eigenvalue weighted by molar-refractivity contribution is 0.589. The maximum Gasteiger partial charge on any atom is 0.161 e. The average Bonchev–Trinajstić information content (AvgIpc) is 3.81. The van der Waals surface area contributed by atoms with E-state index in [1.807, 2.05) is 9.36 Å². The van der Waals surface area contributed by atoms with Crippen molar-refractivity contribution >= 4 is 39.1 Å². The van der Waals surface area contributed by atoms with Crippen LogP contribution in [-0.4, -0.2) is 24.1 Å². The number of hydrogen-bond acceptors (Lipinski definition) is 3. The Labute approximate surface area is 306 Å². The van der Waals surface area contributed by atoms with E-state index >= 15 is 0 Å². The van der Waals surface area contributed by atoms with Gasteiger partial charge >= 0.3 is 0 Å². The second kappa shape index (κ2) is 12.4. The van der Waals surface area contributed by atoms with Crippen LogP contribution >= 0.6 is 0 Å². The van der Waals surface area contributed by atoms with Gasteiger partial charge in [-0.3, -0.25) is 4.90 Å². The fourth-order valence-corrected chi connectivity index (χ4v) is 7.20. The van der Waals surface area contributed by atoms with Crippen LogP contribution < -0.4 is 4.90 Å². The summed E-state index contributed by atoms with van der Waals surface area (Å²) >= 11 is 0. The van der Waals surface area contributed by atoms with Gasteiger partial charge in [-0.05, 0) is 96.5 Å². The Kier molecular flexibility index (Phi) is 7.94. The van der Waals surface area contributed by atoms with Crippen LogP contribution in [0.3, 0.4) is 0 Å². The molecule has 0 saturated carbocycles. The molecule has 260 valence electrons. The summed E-state index contributed by atoms with van der Waals surface area (Å²) in [6.07, 6.45) is 0. The summed E-state index contributed by atoms with van der Waals surface area (Å²) in [4.78, 5) is 2.17. The lowest BCUT2D eigenvalue weighted by atomic mass is 9.87. The third kappa shape index (κ3) is 5.88. The SMILES string of the molecule is Cc1cc(N(c2ccc(-n3c4ccccc4c4ccccc43)cc2)c2cc(C)n(-c3cccc(C(C)(C)C)c3)n2)nn1-c1cccc(C(C)(C)C)c1. The number of aromatic nitrogens is 5. The normalized spacial score (nSPS) is 12.2. The van der Waals surface area contributed by atoms with E-state index in [1.165, 1.54) is 32.9 Å². The summed E-state index contributed by atoms with van der Waals surface area (Å²) in [5.74, 6) is 1.60. The summed E-state index contributed by atoms with van der Waals surface area (Å²) in [7, 11) is 0. The van der Waals surface area contributed by atoms with Crippen LogP contribution in [0.15, 0.2) is 133 Å². The first kappa shape index (κ1) is 33.3. The van der Waals surface area contributed by atoms with E-state index in [0.29, 0.717) is 0 Å². The monoisotopic (exact) mass is 682 g/mol. The van der Waals surface area contributed by atoms with Crippen LogP contribution in [0.5, 0.6) is 0 Å². The minimum Gasteiger partial charge on any atom is -0.309 e. The summed E-state index contributed by atoms with van der Waals surface area (Å²) in [5.41, 5.74) is 11.2. The third-order valence-corrected chi connectivity index (χ3v) is 10.1. The van der Waals surface area contributed by atoms with Gasteiger partial charge in [0.25, 0.3) is 0 Å². The molecule has 0 spiro atoms. The maximum absolute atomic E-state index is 5.26. The molecular weight excluding hydrogens is 637 g/mol. The molecule has 0 aliphatic heterocycles. The van der Waals surface area contributed by atoms with Crippen LogP contribution in [0.25, 0.3) is 38.9 Å². The zero-order valence-electron chi connectivity index (χ0n) is 31.4. The number of anilines is 3. The van der Waals surface area contributed by atoms with Gasteiger partial charge in [0.15, 0.2) is 11.6 Å². The molecule has 3 heterocycles. The van der Waals surface area contributed by atoms with E-state index in [9.17, 15) is 0 Å². The lowest BCUT2D eigenvalue weighted by Crippen LogP contribution is -2.14. The van der Waals surface area contributed by atoms with Crippen LogP contribution in [-0.2, 0) is 10.8 Å². The molecule has 0 bridgehead atoms. The predicted octanol–water partition coefficient (Wildman–Crippen LogP) is 11.8. The molecule has 0 aliphatic carbocycles. The standard InChI is InChI=1S/C46H46N6/c1-31-27-43(47-51(31)37-17-13-15-33(29-37)45(3,4)5)50(44-28-32(2)52(48-44)38-18-14-16-34(30-38)46(6,7)8)36-25-23-35(24-26-36)49-41-21-11-9-19-39(41)40-20-10-12-22-42(40)49/h9-30H,1-8H3. The molecule has 0 saturated heterocycles. The largest absolute Gasteiger partial charge is 0.309 e. The molecule has 6 nitrogen and oxygen atoms in total. The summed E-state index contributed by atoms with van der Waals surface area (Å²) < 4.78 is 6.43. The lowest BCUT2D eigenvalue weighted by Gasteiger charge is -2.21. The van der Waals surface area contributed by atoms with Gasteiger partial charge in [0, 0.05) is 45.7 Å².